The monoisotopic (exact) mass is 510 g/mol. The van der Waals surface area contributed by atoms with E-state index >= 15 is 0 Å². The second-order valence-corrected chi connectivity index (χ2v) is 8.08. The zero-order valence-corrected chi connectivity index (χ0v) is 19.7. The maximum atomic E-state index is 11.2. The van der Waals surface area contributed by atoms with Gasteiger partial charge >= 0.3 is 0 Å². The van der Waals surface area contributed by atoms with Crippen LogP contribution in [0.15, 0.2) is 34.2 Å². The Kier molecular flexibility index (Phi) is 14.6. The third-order valence-corrected chi connectivity index (χ3v) is 5.19. The summed E-state index contributed by atoms with van der Waals surface area (Å²) in [6.07, 6.45) is 10.4. The number of rotatable bonds is 12. The van der Waals surface area contributed by atoms with E-state index in [9.17, 15) is 8.42 Å². The summed E-state index contributed by atoms with van der Waals surface area (Å²) < 4.78 is 22.5. The number of unbranched alkanes of at least 4 members (excludes halogenated alkanes) is 7. The van der Waals surface area contributed by atoms with Crippen molar-refractivity contribution in [3.05, 3.63) is 29.8 Å². The van der Waals surface area contributed by atoms with Gasteiger partial charge in [0, 0.05) is 20.1 Å². The number of primary sulfonamides is 1. The second kappa shape index (κ2) is 15.1. The van der Waals surface area contributed by atoms with Crippen LogP contribution in [0.3, 0.4) is 0 Å². The molecular weight excluding hydrogens is 475 g/mol. The van der Waals surface area contributed by atoms with E-state index in [0.717, 1.165) is 24.5 Å². The Morgan fingerprint density at radius 2 is 1.52 bits per heavy atom. The first-order valence-electron chi connectivity index (χ1n) is 9.53. The van der Waals surface area contributed by atoms with E-state index in [1.165, 1.54) is 57.1 Å². The van der Waals surface area contributed by atoms with Crippen molar-refractivity contribution in [2.24, 2.45) is 10.1 Å². The van der Waals surface area contributed by atoms with Gasteiger partial charge in [-0.15, -0.1) is 24.0 Å². The number of benzene rings is 1. The summed E-state index contributed by atoms with van der Waals surface area (Å²) in [6.45, 7) is 3.72. The van der Waals surface area contributed by atoms with E-state index in [-0.39, 0.29) is 28.9 Å². The molecular formula is C19H35IN4O2S. The van der Waals surface area contributed by atoms with Crippen LogP contribution >= 0.6 is 24.0 Å². The van der Waals surface area contributed by atoms with Crippen LogP contribution in [0.1, 0.15) is 63.9 Å². The minimum Gasteiger partial charge on any atom is -0.356 e. The lowest BCUT2D eigenvalue weighted by atomic mass is 10.1. The lowest BCUT2D eigenvalue weighted by Crippen LogP contribution is -2.37. The number of nitrogens with two attached hydrogens (primary N) is 1. The van der Waals surface area contributed by atoms with Gasteiger partial charge in [0.1, 0.15) is 0 Å². The third kappa shape index (κ3) is 12.2. The molecule has 156 valence electrons. The van der Waals surface area contributed by atoms with Crippen molar-refractivity contribution < 1.29 is 8.42 Å². The Labute approximate surface area is 181 Å². The lowest BCUT2D eigenvalue weighted by Gasteiger charge is -2.12. The molecule has 0 unspecified atom stereocenters. The molecule has 0 saturated carbocycles. The Bertz CT molecular complexity index is 634. The van der Waals surface area contributed by atoms with Gasteiger partial charge in [0.15, 0.2) is 5.96 Å². The molecule has 0 aromatic heterocycles. The van der Waals surface area contributed by atoms with Gasteiger partial charge < -0.3 is 10.6 Å². The Balaban J connectivity index is 0.00000676. The summed E-state index contributed by atoms with van der Waals surface area (Å²) >= 11 is 0. The number of guanidine groups is 1. The normalized spacial score (nSPS) is 11.7. The standard InChI is InChI=1S/C19H34N4O2S.HI/c1-3-4-5-6-7-8-9-10-15-22-19(21-2)23-16-17-11-13-18(14-12-17)26(20,24)25;/h11-14H,3-10,15-16H2,1-2H3,(H2,20,24,25)(H2,21,22,23);1H. The maximum absolute atomic E-state index is 11.2. The largest absolute Gasteiger partial charge is 0.356 e. The first-order chi connectivity index (χ1) is 12.5. The number of hydrogen-bond acceptors (Lipinski definition) is 3. The molecule has 0 aliphatic carbocycles. The Morgan fingerprint density at radius 1 is 0.963 bits per heavy atom. The molecule has 0 heterocycles. The molecule has 4 N–H and O–H groups in total. The van der Waals surface area contributed by atoms with E-state index in [1.54, 1.807) is 19.2 Å². The van der Waals surface area contributed by atoms with Crippen molar-refractivity contribution in [3.8, 4) is 0 Å². The molecule has 27 heavy (non-hydrogen) atoms. The van der Waals surface area contributed by atoms with E-state index in [1.807, 2.05) is 0 Å². The van der Waals surface area contributed by atoms with E-state index in [2.05, 4.69) is 22.5 Å². The minimum atomic E-state index is -3.64. The molecule has 8 heteroatoms. The van der Waals surface area contributed by atoms with E-state index < -0.39 is 10.0 Å². The first kappa shape index (κ1) is 26.1. The van der Waals surface area contributed by atoms with Crippen LogP contribution in [0.4, 0.5) is 0 Å². The van der Waals surface area contributed by atoms with Crippen molar-refractivity contribution >= 4 is 40.0 Å². The molecule has 0 spiro atoms. The number of nitrogens with zero attached hydrogens (tertiary/aromatic N) is 1. The summed E-state index contributed by atoms with van der Waals surface area (Å²) in [6, 6.07) is 6.53. The number of sulfonamides is 1. The zero-order chi connectivity index (χ0) is 19.3. The van der Waals surface area contributed by atoms with Crippen molar-refractivity contribution in [1.29, 1.82) is 0 Å². The molecule has 0 aliphatic heterocycles. The molecule has 0 saturated heterocycles. The smallest absolute Gasteiger partial charge is 0.238 e. The van der Waals surface area contributed by atoms with Gasteiger partial charge in [0.05, 0.1) is 4.90 Å². The highest BCUT2D eigenvalue weighted by Gasteiger charge is 2.06. The summed E-state index contributed by atoms with van der Waals surface area (Å²) in [4.78, 5) is 4.33. The Morgan fingerprint density at radius 3 is 2.04 bits per heavy atom. The second-order valence-electron chi connectivity index (χ2n) is 6.52. The molecule has 0 fully saturated rings. The molecule has 0 aliphatic rings. The van der Waals surface area contributed by atoms with Crippen LogP contribution in [-0.4, -0.2) is 28.0 Å². The topological polar surface area (TPSA) is 96.6 Å². The molecule has 0 radical (unpaired) electrons. The van der Waals surface area contributed by atoms with Crippen molar-refractivity contribution in [3.63, 3.8) is 0 Å². The van der Waals surface area contributed by atoms with Crippen LogP contribution in [0.2, 0.25) is 0 Å². The van der Waals surface area contributed by atoms with Gasteiger partial charge in [-0.3, -0.25) is 4.99 Å². The highest BCUT2D eigenvalue weighted by Crippen LogP contribution is 2.09. The van der Waals surface area contributed by atoms with Gasteiger partial charge in [-0.2, -0.15) is 0 Å². The van der Waals surface area contributed by atoms with Crippen molar-refractivity contribution in [2.45, 2.75) is 69.7 Å². The van der Waals surface area contributed by atoms with Gasteiger partial charge in [-0.25, -0.2) is 13.6 Å². The Hall–Kier alpha value is -0.870. The van der Waals surface area contributed by atoms with Crippen molar-refractivity contribution in [2.75, 3.05) is 13.6 Å². The number of nitrogens with one attached hydrogen (secondary N) is 2. The molecule has 1 rings (SSSR count). The molecule has 0 amide bonds. The maximum Gasteiger partial charge on any atom is 0.238 e. The number of aliphatic imine (C=N–C) groups is 1. The lowest BCUT2D eigenvalue weighted by molar-refractivity contribution is 0.571. The van der Waals surface area contributed by atoms with Crippen LogP contribution in [-0.2, 0) is 16.6 Å². The zero-order valence-electron chi connectivity index (χ0n) is 16.5. The highest BCUT2D eigenvalue weighted by atomic mass is 127. The average Bonchev–Trinajstić information content (AvgIpc) is 2.62. The molecule has 6 nitrogen and oxygen atoms in total. The predicted molar refractivity (Wildman–Crippen MR) is 124 cm³/mol. The van der Waals surface area contributed by atoms with Gasteiger partial charge in [0.25, 0.3) is 0 Å². The fourth-order valence-corrected chi connectivity index (χ4v) is 3.18. The minimum absolute atomic E-state index is 0. The predicted octanol–water partition coefficient (Wildman–Crippen LogP) is 3.76. The van der Waals surface area contributed by atoms with Crippen LogP contribution in [0.5, 0.6) is 0 Å². The van der Waals surface area contributed by atoms with Crippen LogP contribution < -0.4 is 15.8 Å². The first-order valence-corrected chi connectivity index (χ1v) is 11.1. The average molecular weight is 510 g/mol. The fraction of sp³-hybridized carbons (Fsp3) is 0.632. The molecule has 0 bridgehead atoms. The molecule has 1 aromatic rings. The fourth-order valence-electron chi connectivity index (χ4n) is 2.67. The van der Waals surface area contributed by atoms with Gasteiger partial charge in [-0.05, 0) is 24.1 Å². The highest BCUT2D eigenvalue weighted by molar-refractivity contribution is 14.0. The van der Waals surface area contributed by atoms with Crippen molar-refractivity contribution in [1.82, 2.24) is 10.6 Å². The molecule has 1 aromatic carbocycles. The number of hydrogen-bond donors (Lipinski definition) is 3. The molecule has 0 atom stereocenters. The van der Waals surface area contributed by atoms with E-state index in [4.69, 9.17) is 5.14 Å². The van der Waals surface area contributed by atoms with Crippen LogP contribution in [0, 0.1) is 0 Å². The summed E-state index contributed by atoms with van der Waals surface area (Å²) in [5, 5.41) is 11.6. The van der Waals surface area contributed by atoms with Gasteiger partial charge in [0.2, 0.25) is 10.0 Å². The summed E-state index contributed by atoms with van der Waals surface area (Å²) in [7, 11) is -1.90. The third-order valence-electron chi connectivity index (χ3n) is 4.26. The SMILES string of the molecule is CCCCCCCCCCNC(=NC)NCc1ccc(S(N)(=O)=O)cc1.I. The van der Waals surface area contributed by atoms with Gasteiger partial charge in [-0.1, -0.05) is 64.0 Å². The van der Waals surface area contributed by atoms with Crippen LogP contribution in [0.25, 0.3) is 0 Å². The summed E-state index contributed by atoms with van der Waals surface area (Å²) in [5.41, 5.74) is 0.965. The van der Waals surface area contributed by atoms with E-state index in [0.29, 0.717) is 6.54 Å². The summed E-state index contributed by atoms with van der Waals surface area (Å²) in [5.74, 6) is 0.753. The quantitative estimate of drug-likeness (QED) is 0.173. The number of halogens is 1.